The molecule has 0 aromatic rings. The van der Waals surface area contributed by atoms with E-state index in [1.807, 2.05) is 12.2 Å². The minimum Gasteiger partial charge on any atom is -0.423 e. The normalized spacial score (nSPS) is 19.0. The molecule has 0 amide bonds. The zero-order valence-corrected chi connectivity index (χ0v) is 12.8. The molecule has 1 aliphatic rings. The highest BCUT2D eigenvalue weighted by molar-refractivity contribution is 6.51. The van der Waals surface area contributed by atoms with E-state index in [1.54, 1.807) is 6.08 Å². The van der Waals surface area contributed by atoms with Crippen molar-refractivity contribution in [3.8, 4) is 0 Å². The molecule has 0 aliphatic heterocycles. The van der Waals surface area contributed by atoms with E-state index in [-0.39, 0.29) is 5.41 Å². The summed E-state index contributed by atoms with van der Waals surface area (Å²) in [5.41, 5.74) is 4.92. The second kappa shape index (κ2) is 6.25. The molecule has 0 saturated carbocycles. The van der Waals surface area contributed by atoms with Gasteiger partial charge in [0, 0.05) is 5.41 Å². The summed E-state index contributed by atoms with van der Waals surface area (Å²) in [6.07, 6.45) is 9.05. The van der Waals surface area contributed by atoms with Crippen LogP contribution in [0.3, 0.4) is 0 Å². The molecule has 106 valence electrons. The van der Waals surface area contributed by atoms with Gasteiger partial charge >= 0.3 is 7.12 Å². The van der Waals surface area contributed by atoms with Crippen LogP contribution in [0.15, 0.2) is 71.3 Å². The fourth-order valence-corrected chi connectivity index (χ4v) is 2.68. The number of rotatable bonds is 5. The minimum atomic E-state index is -1.50. The van der Waals surface area contributed by atoms with Gasteiger partial charge in [0.1, 0.15) is 0 Å². The second-order valence-electron chi connectivity index (χ2n) is 5.52. The Hall–Kier alpha value is -1.58. The van der Waals surface area contributed by atoms with Crippen molar-refractivity contribution in [2.45, 2.75) is 27.7 Å². The Morgan fingerprint density at radius 3 is 2.10 bits per heavy atom. The lowest BCUT2D eigenvalue weighted by Gasteiger charge is -2.25. The summed E-state index contributed by atoms with van der Waals surface area (Å²) in [4.78, 5) is 0. The van der Waals surface area contributed by atoms with Gasteiger partial charge in [-0.3, -0.25) is 0 Å². The fraction of sp³-hybridized carbons (Fsp3) is 0.294. The predicted octanol–water partition coefficient (Wildman–Crippen LogP) is 3.53. The molecule has 0 aromatic carbocycles. The minimum absolute atomic E-state index is 0.184. The zero-order chi connectivity index (χ0) is 15.5. The van der Waals surface area contributed by atoms with Gasteiger partial charge in [0.15, 0.2) is 0 Å². The van der Waals surface area contributed by atoms with Crippen molar-refractivity contribution in [1.29, 1.82) is 0 Å². The van der Waals surface area contributed by atoms with Gasteiger partial charge in [0.05, 0.1) is 0 Å². The van der Waals surface area contributed by atoms with Gasteiger partial charge in [-0.05, 0) is 41.6 Å². The van der Waals surface area contributed by atoms with Gasteiger partial charge < -0.3 is 10.0 Å². The van der Waals surface area contributed by atoms with Crippen LogP contribution in [0.5, 0.6) is 0 Å². The number of allylic oxidation sites excluding steroid dienone is 10. The summed E-state index contributed by atoms with van der Waals surface area (Å²) in [7, 11) is -1.50. The number of hydrogen-bond donors (Lipinski definition) is 2. The quantitative estimate of drug-likeness (QED) is 0.592. The first-order chi connectivity index (χ1) is 9.27. The molecule has 20 heavy (non-hydrogen) atoms. The molecule has 1 aliphatic carbocycles. The molecular formula is C17H23BO2. The third-order valence-electron chi connectivity index (χ3n) is 3.96. The third-order valence-corrected chi connectivity index (χ3v) is 3.96. The maximum atomic E-state index is 9.35. The van der Waals surface area contributed by atoms with Gasteiger partial charge in [-0.15, -0.1) is 0 Å². The van der Waals surface area contributed by atoms with Crippen molar-refractivity contribution in [3.63, 3.8) is 0 Å². The lowest BCUT2D eigenvalue weighted by molar-refractivity contribution is 0.420. The molecule has 0 aromatic heterocycles. The van der Waals surface area contributed by atoms with Gasteiger partial charge in [-0.2, -0.15) is 0 Å². The first-order valence-corrected chi connectivity index (χ1v) is 6.69. The summed E-state index contributed by atoms with van der Waals surface area (Å²) in [5, 5.41) is 18.7. The third kappa shape index (κ3) is 2.95. The molecule has 0 spiro atoms. The van der Waals surface area contributed by atoms with E-state index in [0.29, 0.717) is 5.47 Å². The molecule has 0 fully saturated rings. The van der Waals surface area contributed by atoms with Crippen molar-refractivity contribution in [2.24, 2.45) is 5.41 Å². The van der Waals surface area contributed by atoms with Gasteiger partial charge in [-0.1, -0.05) is 57.4 Å². The molecule has 0 unspecified atom stereocenters. The topological polar surface area (TPSA) is 40.5 Å². The fourth-order valence-electron chi connectivity index (χ4n) is 2.68. The Labute approximate surface area is 122 Å². The van der Waals surface area contributed by atoms with Crippen LogP contribution in [0.2, 0.25) is 0 Å². The van der Waals surface area contributed by atoms with Crippen LogP contribution in [0.4, 0.5) is 0 Å². The van der Waals surface area contributed by atoms with Crippen molar-refractivity contribution in [2.75, 3.05) is 0 Å². The molecule has 2 N–H and O–H groups in total. The zero-order valence-electron chi connectivity index (χ0n) is 12.8. The summed E-state index contributed by atoms with van der Waals surface area (Å²) in [6.45, 7) is 15.7. The number of hydrogen-bond acceptors (Lipinski definition) is 2. The Morgan fingerprint density at radius 1 is 1.10 bits per heavy atom. The first-order valence-electron chi connectivity index (χ1n) is 6.69. The van der Waals surface area contributed by atoms with E-state index in [2.05, 4.69) is 46.9 Å². The predicted molar refractivity (Wildman–Crippen MR) is 87.0 cm³/mol. The van der Waals surface area contributed by atoms with E-state index >= 15 is 0 Å². The van der Waals surface area contributed by atoms with E-state index in [4.69, 9.17) is 0 Å². The van der Waals surface area contributed by atoms with Crippen LogP contribution < -0.4 is 0 Å². The lowest BCUT2D eigenvalue weighted by atomic mass is 9.73. The molecule has 0 radical (unpaired) electrons. The molecule has 1 rings (SSSR count). The lowest BCUT2D eigenvalue weighted by Crippen LogP contribution is -2.17. The Morgan fingerprint density at radius 2 is 1.65 bits per heavy atom. The summed E-state index contributed by atoms with van der Waals surface area (Å²) >= 11 is 0. The van der Waals surface area contributed by atoms with Crippen LogP contribution >= 0.6 is 0 Å². The summed E-state index contributed by atoms with van der Waals surface area (Å²) in [6, 6.07) is 0. The van der Waals surface area contributed by atoms with E-state index < -0.39 is 7.12 Å². The molecule has 3 heteroatoms. The molecule has 0 bridgehead atoms. The van der Waals surface area contributed by atoms with Gasteiger partial charge in [0.25, 0.3) is 0 Å². The Bertz CT molecular complexity index is 543. The monoisotopic (exact) mass is 270 g/mol. The Kier molecular flexibility index (Phi) is 5.15. The van der Waals surface area contributed by atoms with Gasteiger partial charge in [-0.25, -0.2) is 0 Å². The van der Waals surface area contributed by atoms with Crippen LogP contribution in [0.25, 0.3) is 0 Å². The smallest absolute Gasteiger partial charge is 0.423 e. The van der Waals surface area contributed by atoms with E-state index in [0.717, 1.165) is 5.57 Å². The maximum absolute atomic E-state index is 9.35. The van der Waals surface area contributed by atoms with Crippen molar-refractivity contribution >= 4 is 7.12 Å². The van der Waals surface area contributed by atoms with Crippen molar-refractivity contribution in [3.05, 3.63) is 71.3 Å². The maximum Gasteiger partial charge on any atom is 0.488 e. The summed E-state index contributed by atoms with van der Waals surface area (Å²) < 4.78 is 0. The standard InChI is InChI=1S/C17H23BO2/c1-7-9-10-15-12(3)13(4)16(17(15,5)6)11-14(8-2)18(19)20/h7-11,19-20H,1-2H2,3-6H3/b10-9-,14-11+. The highest BCUT2D eigenvalue weighted by Gasteiger charge is 2.34. The summed E-state index contributed by atoms with van der Waals surface area (Å²) in [5.74, 6) is 0. The highest BCUT2D eigenvalue weighted by Crippen LogP contribution is 2.48. The molecule has 0 heterocycles. The Balaban J connectivity index is 3.36. The second-order valence-corrected chi connectivity index (χ2v) is 5.52. The SMILES string of the molecule is C=C/C=C\C1=C(C)C(C)=C(/C=C(\C=C)B(O)O)C1(C)C. The average molecular weight is 270 g/mol. The van der Waals surface area contributed by atoms with Crippen LogP contribution in [-0.4, -0.2) is 17.2 Å². The molecule has 0 saturated heterocycles. The van der Waals surface area contributed by atoms with E-state index in [9.17, 15) is 10.0 Å². The first kappa shape index (κ1) is 16.5. The van der Waals surface area contributed by atoms with Crippen LogP contribution in [0, 0.1) is 5.41 Å². The van der Waals surface area contributed by atoms with Crippen molar-refractivity contribution < 1.29 is 10.0 Å². The average Bonchev–Trinajstić information content (AvgIpc) is 2.52. The van der Waals surface area contributed by atoms with Gasteiger partial charge in [0.2, 0.25) is 0 Å². The van der Waals surface area contributed by atoms with Crippen molar-refractivity contribution in [1.82, 2.24) is 0 Å². The van der Waals surface area contributed by atoms with Crippen LogP contribution in [0.1, 0.15) is 27.7 Å². The van der Waals surface area contributed by atoms with E-state index in [1.165, 1.54) is 22.8 Å². The molecular weight excluding hydrogens is 247 g/mol. The molecule has 0 atom stereocenters. The molecule has 2 nitrogen and oxygen atoms in total. The largest absolute Gasteiger partial charge is 0.488 e. The van der Waals surface area contributed by atoms with Crippen LogP contribution in [-0.2, 0) is 0 Å². The highest BCUT2D eigenvalue weighted by atomic mass is 16.4.